The van der Waals surface area contributed by atoms with Gasteiger partial charge in [-0.3, -0.25) is 4.79 Å². The van der Waals surface area contributed by atoms with Crippen molar-refractivity contribution in [2.45, 2.75) is 13.3 Å². The number of benzene rings is 3. The number of carbonyl (C=O) groups excluding carboxylic acids is 1. The van der Waals surface area contributed by atoms with Crippen LogP contribution in [0, 0.1) is 17.1 Å². The van der Waals surface area contributed by atoms with Crippen molar-refractivity contribution in [3.05, 3.63) is 99.3 Å². The van der Waals surface area contributed by atoms with Gasteiger partial charge in [-0.15, -0.1) is 0 Å². The SMILES string of the molecule is CCOc1ccc(NC(=O)/C(C#N)=C/c2cc(Br)ccc2Cc2ccccc2F)cc1. The fourth-order valence-corrected chi connectivity index (χ4v) is 3.39. The smallest absolute Gasteiger partial charge is 0.266 e. The molecule has 6 heteroatoms. The summed E-state index contributed by atoms with van der Waals surface area (Å²) in [6.07, 6.45) is 1.86. The highest BCUT2D eigenvalue weighted by Crippen LogP contribution is 2.24. The monoisotopic (exact) mass is 478 g/mol. The molecule has 3 aromatic rings. The van der Waals surface area contributed by atoms with Gasteiger partial charge in [0.2, 0.25) is 0 Å². The number of ether oxygens (including phenoxy) is 1. The Hall–Kier alpha value is -3.43. The van der Waals surface area contributed by atoms with Gasteiger partial charge in [-0.25, -0.2) is 4.39 Å². The molecule has 0 radical (unpaired) electrons. The molecule has 4 nitrogen and oxygen atoms in total. The second-order valence-electron chi connectivity index (χ2n) is 6.69. The Bertz CT molecular complexity index is 1150. The summed E-state index contributed by atoms with van der Waals surface area (Å²) in [5.41, 5.74) is 2.50. The van der Waals surface area contributed by atoms with E-state index in [1.807, 2.05) is 25.1 Å². The molecule has 0 aromatic heterocycles. The van der Waals surface area contributed by atoms with Crippen LogP contribution in [0.2, 0.25) is 0 Å². The number of halogens is 2. The number of hydrogen-bond donors (Lipinski definition) is 1. The minimum atomic E-state index is -0.525. The van der Waals surface area contributed by atoms with Crippen molar-refractivity contribution in [1.82, 2.24) is 0 Å². The Morgan fingerprint density at radius 3 is 2.55 bits per heavy atom. The molecule has 0 aliphatic rings. The van der Waals surface area contributed by atoms with Gasteiger partial charge in [0.15, 0.2) is 0 Å². The molecule has 0 atom stereocenters. The van der Waals surface area contributed by atoms with Crippen molar-refractivity contribution >= 4 is 33.6 Å². The third-order valence-electron chi connectivity index (χ3n) is 4.53. The average molecular weight is 479 g/mol. The molecule has 31 heavy (non-hydrogen) atoms. The standard InChI is InChI=1S/C25H20BrFN2O2/c1-2-31-23-11-9-22(10-12-23)29-25(30)20(16-28)14-19-15-21(26)8-7-17(19)13-18-5-3-4-6-24(18)27/h3-12,14-15H,2,13H2,1H3,(H,29,30)/b20-14+. The highest BCUT2D eigenvalue weighted by molar-refractivity contribution is 9.10. The molecule has 0 spiro atoms. The number of amides is 1. The van der Waals surface area contributed by atoms with Crippen LogP contribution >= 0.6 is 15.9 Å². The van der Waals surface area contributed by atoms with Gasteiger partial charge in [-0.2, -0.15) is 5.26 Å². The zero-order chi connectivity index (χ0) is 22.2. The second-order valence-corrected chi connectivity index (χ2v) is 7.61. The van der Waals surface area contributed by atoms with E-state index in [1.165, 1.54) is 12.1 Å². The van der Waals surface area contributed by atoms with Gasteiger partial charge >= 0.3 is 0 Å². The molecule has 0 unspecified atom stereocenters. The summed E-state index contributed by atoms with van der Waals surface area (Å²) in [4.78, 5) is 12.7. The molecule has 3 rings (SSSR count). The van der Waals surface area contributed by atoms with E-state index in [0.29, 0.717) is 35.6 Å². The van der Waals surface area contributed by atoms with Crippen molar-refractivity contribution in [2.75, 3.05) is 11.9 Å². The van der Waals surface area contributed by atoms with Crippen molar-refractivity contribution < 1.29 is 13.9 Å². The summed E-state index contributed by atoms with van der Waals surface area (Å²) in [5.74, 6) is -0.124. The van der Waals surface area contributed by atoms with Crippen LogP contribution in [0.25, 0.3) is 6.08 Å². The highest BCUT2D eigenvalue weighted by Gasteiger charge is 2.13. The van der Waals surface area contributed by atoms with Crippen LogP contribution in [0.1, 0.15) is 23.6 Å². The van der Waals surface area contributed by atoms with Crippen LogP contribution in [0.3, 0.4) is 0 Å². The molecule has 0 aliphatic carbocycles. The topological polar surface area (TPSA) is 62.1 Å². The van der Waals surface area contributed by atoms with E-state index in [-0.39, 0.29) is 11.4 Å². The van der Waals surface area contributed by atoms with Gasteiger partial charge in [0.05, 0.1) is 6.61 Å². The van der Waals surface area contributed by atoms with Crippen LogP contribution in [-0.2, 0) is 11.2 Å². The number of nitrogens with zero attached hydrogens (tertiary/aromatic N) is 1. The van der Waals surface area contributed by atoms with Gasteiger partial charge in [-0.05, 0) is 72.2 Å². The first kappa shape index (κ1) is 22.3. The van der Waals surface area contributed by atoms with E-state index >= 15 is 0 Å². The highest BCUT2D eigenvalue weighted by atomic mass is 79.9. The van der Waals surface area contributed by atoms with E-state index in [4.69, 9.17) is 4.74 Å². The Morgan fingerprint density at radius 2 is 1.87 bits per heavy atom. The molecule has 1 N–H and O–H groups in total. The van der Waals surface area contributed by atoms with Gasteiger partial charge < -0.3 is 10.1 Å². The fourth-order valence-electron chi connectivity index (χ4n) is 3.01. The van der Waals surface area contributed by atoms with Crippen molar-refractivity contribution in [3.63, 3.8) is 0 Å². The Labute approximate surface area is 189 Å². The third-order valence-corrected chi connectivity index (χ3v) is 5.03. The Morgan fingerprint density at radius 1 is 1.13 bits per heavy atom. The summed E-state index contributed by atoms with van der Waals surface area (Å²) >= 11 is 3.42. The number of hydrogen-bond acceptors (Lipinski definition) is 3. The van der Waals surface area contributed by atoms with Crippen molar-refractivity contribution in [1.29, 1.82) is 5.26 Å². The van der Waals surface area contributed by atoms with E-state index < -0.39 is 5.91 Å². The van der Waals surface area contributed by atoms with Gasteiger partial charge in [-0.1, -0.05) is 40.2 Å². The average Bonchev–Trinajstić information content (AvgIpc) is 2.76. The Balaban J connectivity index is 1.86. The quantitative estimate of drug-likeness (QED) is 0.328. The number of rotatable bonds is 7. The second kappa shape index (κ2) is 10.6. The molecule has 3 aromatic carbocycles. The van der Waals surface area contributed by atoms with Crippen LogP contribution in [0.5, 0.6) is 5.75 Å². The number of nitrogens with one attached hydrogen (secondary N) is 1. The maximum absolute atomic E-state index is 14.1. The first-order valence-electron chi connectivity index (χ1n) is 9.68. The van der Waals surface area contributed by atoms with E-state index in [2.05, 4.69) is 21.2 Å². The minimum absolute atomic E-state index is 0.0539. The molecule has 0 heterocycles. The number of nitriles is 1. The van der Waals surface area contributed by atoms with E-state index in [9.17, 15) is 14.4 Å². The zero-order valence-corrected chi connectivity index (χ0v) is 18.4. The molecule has 0 aliphatic heterocycles. The lowest BCUT2D eigenvalue weighted by molar-refractivity contribution is -0.112. The Kier molecular flexibility index (Phi) is 7.58. The first-order chi connectivity index (χ1) is 15.0. The lowest BCUT2D eigenvalue weighted by atomic mass is 9.98. The van der Waals surface area contributed by atoms with Crippen molar-refractivity contribution in [3.8, 4) is 11.8 Å². The van der Waals surface area contributed by atoms with Crippen molar-refractivity contribution in [2.24, 2.45) is 0 Å². The van der Waals surface area contributed by atoms with Crippen LogP contribution in [0.4, 0.5) is 10.1 Å². The molecular formula is C25H20BrFN2O2. The normalized spacial score (nSPS) is 11.0. The van der Waals surface area contributed by atoms with Crippen LogP contribution in [-0.4, -0.2) is 12.5 Å². The van der Waals surface area contributed by atoms with Gasteiger partial charge in [0, 0.05) is 16.6 Å². The fraction of sp³-hybridized carbons (Fsp3) is 0.120. The number of anilines is 1. The summed E-state index contributed by atoms with van der Waals surface area (Å²) in [7, 11) is 0. The predicted octanol–water partition coefficient (Wildman–Crippen LogP) is 6.12. The molecule has 156 valence electrons. The molecule has 0 saturated carbocycles. The van der Waals surface area contributed by atoms with E-state index in [1.54, 1.807) is 48.5 Å². The third kappa shape index (κ3) is 6.03. The molecule has 1 amide bonds. The summed E-state index contributed by atoms with van der Waals surface area (Å²) in [5, 5.41) is 12.3. The maximum atomic E-state index is 14.1. The van der Waals surface area contributed by atoms with Gasteiger partial charge in [0.25, 0.3) is 5.91 Å². The largest absolute Gasteiger partial charge is 0.494 e. The molecule has 0 bridgehead atoms. The zero-order valence-electron chi connectivity index (χ0n) is 16.9. The molecular weight excluding hydrogens is 459 g/mol. The predicted molar refractivity (Wildman–Crippen MR) is 123 cm³/mol. The first-order valence-corrected chi connectivity index (χ1v) is 10.5. The summed E-state index contributed by atoms with van der Waals surface area (Å²) < 4.78 is 20.3. The summed E-state index contributed by atoms with van der Waals surface area (Å²) in [6.45, 7) is 2.44. The van der Waals surface area contributed by atoms with Crippen LogP contribution < -0.4 is 10.1 Å². The van der Waals surface area contributed by atoms with Gasteiger partial charge in [0.1, 0.15) is 23.2 Å². The molecule has 0 fully saturated rings. The summed E-state index contributed by atoms with van der Waals surface area (Å²) in [6, 6.07) is 20.9. The minimum Gasteiger partial charge on any atom is -0.494 e. The molecule has 0 saturated heterocycles. The van der Waals surface area contributed by atoms with E-state index in [0.717, 1.165) is 10.0 Å². The number of carbonyl (C=O) groups is 1. The lowest BCUT2D eigenvalue weighted by Gasteiger charge is -2.10. The lowest BCUT2D eigenvalue weighted by Crippen LogP contribution is -2.13. The maximum Gasteiger partial charge on any atom is 0.266 e. The van der Waals surface area contributed by atoms with Crippen LogP contribution in [0.15, 0.2) is 76.8 Å².